The minimum atomic E-state index is 0.0650. The molecule has 0 aliphatic carbocycles. The molecule has 0 atom stereocenters. The third kappa shape index (κ3) is 8.52. The molecule has 11 nitrogen and oxygen atoms in total. The van der Waals surface area contributed by atoms with Crippen molar-refractivity contribution in [3.8, 4) is 45.5 Å². The number of nitrogens with zero attached hydrogens (tertiary/aromatic N) is 6. The lowest BCUT2D eigenvalue weighted by Crippen LogP contribution is -2.00. The number of aromatic hydroxyl groups is 1. The number of aliphatic hydroxyl groups is 1. The van der Waals surface area contributed by atoms with Crippen LogP contribution in [0.25, 0.3) is 22.5 Å². The Kier molecular flexibility index (Phi) is 12.7. The van der Waals surface area contributed by atoms with Gasteiger partial charge in [-0.1, -0.05) is 48.5 Å². The molecule has 2 aliphatic rings. The lowest BCUT2D eigenvalue weighted by molar-refractivity contribution is 0.280. The topological polar surface area (TPSA) is 122 Å². The van der Waals surface area contributed by atoms with Gasteiger partial charge in [0.25, 0.3) is 0 Å². The van der Waals surface area contributed by atoms with E-state index in [1.165, 1.54) is 16.7 Å². The van der Waals surface area contributed by atoms with E-state index in [2.05, 4.69) is 76.8 Å². The minimum Gasteiger partial charge on any atom is -0.507 e. The molecule has 0 spiro atoms. The molecule has 0 fully saturated rings. The maximum Gasteiger partial charge on any atom is 0.132 e. The third-order valence-corrected chi connectivity index (χ3v) is 11.1. The van der Waals surface area contributed by atoms with Gasteiger partial charge in [-0.3, -0.25) is 0 Å². The van der Waals surface area contributed by atoms with Gasteiger partial charge in [0.1, 0.15) is 23.0 Å². The molecule has 2 aliphatic heterocycles. The number of hydrogen-bond acceptors (Lipinski definition) is 8. The van der Waals surface area contributed by atoms with Crippen LogP contribution in [0.2, 0.25) is 0 Å². The van der Waals surface area contributed by atoms with Gasteiger partial charge < -0.3 is 38.1 Å². The number of aromatic nitrogens is 6. The molecule has 0 bridgehead atoms. The van der Waals surface area contributed by atoms with E-state index in [1.807, 2.05) is 88.8 Å². The molecule has 0 unspecified atom stereocenters. The van der Waals surface area contributed by atoms with Gasteiger partial charge in [-0.25, -0.2) is 15.0 Å². The fourth-order valence-corrected chi connectivity index (χ4v) is 7.61. The van der Waals surface area contributed by atoms with Crippen LogP contribution in [0.15, 0.2) is 117 Å². The molecule has 7 aromatic rings. The maximum atomic E-state index is 9.66. The van der Waals surface area contributed by atoms with Crippen LogP contribution in [-0.4, -0.2) is 60.2 Å². The highest BCUT2D eigenvalue weighted by Gasteiger charge is 2.22. The molecule has 0 amide bonds. The Morgan fingerprint density at radius 3 is 1.75 bits per heavy atom. The minimum absolute atomic E-state index is 0.0650. The zero-order valence-electron chi connectivity index (χ0n) is 29.4. The van der Waals surface area contributed by atoms with Gasteiger partial charge >= 0.3 is 0 Å². The van der Waals surface area contributed by atoms with Crippen molar-refractivity contribution in [2.45, 2.75) is 26.2 Å². The van der Waals surface area contributed by atoms with Crippen molar-refractivity contribution in [1.82, 2.24) is 28.7 Å². The molecule has 5 heterocycles. The second-order valence-corrected chi connectivity index (χ2v) is 14.0. The number of aliphatic hydroxyl groups excluding tert-OH is 1. The van der Waals surface area contributed by atoms with Gasteiger partial charge in [0.05, 0.1) is 77.8 Å². The summed E-state index contributed by atoms with van der Waals surface area (Å²) in [5, 5.41) is 18.5. The standard InChI is InChI=1S/C11H11IN2O.C11H10N2O.C10H8N2O.C8H9IO2/c1-15-10-4-2-3-9(11(10)12)7-14-6-5-13-8-14;1-14-10-4-2-3-8-6-13-7-12-5-9(13)11(8)10;13-9-3-1-2-7-5-12-6-11-4-8(12)10(7)9;1-11-7-4-2-3-6(5-10)8(7)9/h2-6,8H,7H2,1H3;2-5,7H,6H2,1H3;1-4,6,13H,5H2;2-4,10H,5H2,1H3. The van der Waals surface area contributed by atoms with Gasteiger partial charge in [-0.05, 0) is 91.7 Å². The number of ether oxygens (including phenoxy) is 3. The van der Waals surface area contributed by atoms with Gasteiger partial charge in [0.15, 0.2) is 0 Å². The van der Waals surface area contributed by atoms with E-state index >= 15 is 0 Å². The summed E-state index contributed by atoms with van der Waals surface area (Å²) in [6.45, 7) is 2.62. The van der Waals surface area contributed by atoms with Crippen molar-refractivity contribution in [3.05, 3.63) is 146 Å². The van der Waals surface area contributed by atoms with E-state index in [1.54, 1.807) is 46.1 Å². The first-order valence-electron chi connectivity index (χ1n) is 16.5. The Bertz CT molecular complexity index is 2260. The van der Waals surface area contributed by atoms with E-state index in [-0.39, 0.29) is 6.61 Å². The second-order valence-electron chi connectivity index (χ2n) is 11.9. The summed E-state index contributed by atoms with van der Waals surface area (Å²) >= 11 is 4.46. The zero-order valence-corrected chi connectivity index (χ0v) is 33.7. The van der Waals surface area contributed by atoms with Crippen molar-refractivity contribution in [2.24, 2.45) is 0 Å². The molecule has 0 saturated heterocycles. The molecular weight excluding hydrogens is 898 g/mol. The fraction of sp³-hybridized carbons (Fsp3) is 0.175. The van der Waals surface area contributed by atoms with Crippen LogP contribution in [-0.2, 0) is 26.2 Å². The van der Waals surface area contributed by atoms with Crippen LogP contribution in [0, 0.1) is 7.14 Å². The van der Waals surface area contributed by atoms with Crippen LogP contribution in [0.4, 0.5) is 0 Å². The predicted octanol–water partition coefficient (Wildman–Crippen LogP) is 7.87. The van der Waals surface area contributed by atoms with Crippen molar-refractivity contribution in [3.63, 3.8) is 0 Å². The number of benzene rings is 4. The first kappa shape index (κ1) is 37.9. The molecule has 9 rings (SSSR count). The number of fused-ring (bicyclic) bond motifs is 6. The summed E-state index contributed by atoms with van der Waals surface area (Å²) in [6.07, 6.45) is 12.9. The van der Waals surface area contributed by atoms with E-state index in [4.69, 9.17) is 19.3 Å². The zero-order chi connectivity index (χ0) is 37.3. The molecule has 53 heavy (non-hydrogen) atoms. The highest BCUT2D eigenvalue weighted by Crippen LogP contribution is 2.39. The summed E-state index contributed by atoms with van der Waals surface area (Å²) in [5.41, 5.74) is 8.90. The number of imidazole rings is 3. The fourth-order valence-electron chi connectivity index (χ4n) is 6.11. The lowest BCUT2D eigenvalue weighted by Gasteiger charge is -2.09. The normalized spacial score (nSPS) is 11.3. The highest BCUT2D eigenvalue weighted by atomic mass is 127. The number of hydrogen-bond donors (Lipinski definition) is 2. The van der Waals surface area contributed by atoms with E-state index in [0.29, 0.717) is 5.75 Å². The quantitative estimate of drug-likeness (QED) is 0.162. The smallest absolute Gasteiger partial charge is 0.132 e. The van der Waals surface area contributed by atoms with Crippen LogP contribution in [0.5, 0.6) is 23.0 Å². The van der Waals surface area contributed by atoms with Crippen molar-refractivity contribution >= 4 is 45.2 Å². The lowest BCUT2D eigenvalue weighted by atomic mass is 10.1. The maximum absolute atomic E-state index is 9.66. The first-order valence-corrected chi connectivity index (χ1v) is 18.7. The van der Waals surface area contributed by atoms with Crippen LogP contribution in [0.3, 0.4) is 0 Å². The summed E-state index contributed by atoms with van der Waals surface area (Å²) in [5.74, 6) is 3.02. The summed E-state index contributed by atoms with van der Waals surface area (Å²) in [6, 6.07) is 23.5. The van der Waals surface area contributed by atoms with Crippen LogP contribution in [0.1, 0.15) is 22.3 Å². The molecule has 2 N–H and O–H groups in total. The molecular formula is C40H38I2N6O5. The van der Waals surface area contributed by atoms with Crippen molar-refractivity contribution in [2.75, 3.05) is 21.3 Å². The third-order valence-electron chi connectivity index (χ3n) is 8.69. The van der Waals surface area contributed by atoms with E-state index in [9.17, 15) is 5.11 Å². The van der Waals surface area contributed by atoms with Gasteiger partial charge in [-0.2, -0.15) is 0 Å². The number of phenols is 1. The molecule has 13 heteroatoms. The number of rotatable bonds is 6. The van der Waals surface area contributed by atoms with Gasteiger partial charge in [0, 0.05) is 43.2 Å². The van der Waals surface area contributed by atoms with Gasteiger partial charge in [0.2, 0.25) is 0 Å². The van der Waals surface area contributed by atoms with E-state index < -0.39 is 0 Å². The van der Waals surface area contributed by atoms with Crippen LogP contribution < -0.4 is 14.2 Å². The van der Waals surface area contributed by atoms with Gasteiger partial charge in [-0.15, -0.1) is 0 Å². The summed E-state index contributed by atoms with van der Waals surface area (Å²) in [4.78, 5) is 12.2. The Balaban J connectivity index is 0.000000122. The SMILES string of the molecule is COc1cccc(CO)c1I.COc1cccc(Cn2ccnc2)c1I.COc1cccc2c1-c1cncn1C2.Oc1cccc2c1-c1cncn1C2. The number of halogens is 2. The average Bonchev–Trinajstić information content (AvgIpc) is 4.02. The summed E-state index contributed by atoms with van der Waals surface area (Å²) < 4.78 is 24.0. The average molecular weight is 937 g/mol. The predicted molar refractivity (Wildman–Crippen MR) is 220 cm³/mol. The Morgan fingerprint density at radius 2 is 1.17 bits per heavy atom. The Labute approximate surface area is 335 Å². The second kappa shape index (κ2) is 17.8. The van der Waals surface area contributed by atoms with Crippen molar-refractivity contribution in [1.29, 1.82) is 0 Å². The van der Waals surface area contributed by atoms with Crippen molar-refractivity contribution < 1.29 is 24.4 Å². The number of methoxy groups -OCH3 is 3. The Hall–Kier alpha value is -4.87. The number of phenolic OH excluding ortho intramolecular Hbond substituents is 1. The van der Waals surface area contributed by atoms with E-state index in [0.717, 1.165) is 72.1 Å². The highest BCUT2D eigenvalue weighted by molar-refractivity contribution is 14.1. The molecule has 3 aromatic heterocycles. The summed E-state index contributed by atoms with van der Waals surface area (Å²) in [7, 11) is 5.02. The Morgan fingerprint density at radius 1 is 0.642 bits per heavy atom. The molecule has 0 saturated carbocycles. The largest absolute Gasteiger partial charge is 0.507 e. The molecule has 0 radical (unpaired) electrons. The first-order chi connectivity index (χ1) is 25.9. The molecule has 272 valence electrons. The van der Waals surface area contributed by atoms with Crippen LogP contribution >= 0.6 is 45.2 Å². The monoisotopic (exact) mass is 936 g/mol. The molecule has 4 aromatic carbocycles.